The third-order valence-corrected chi connectivity index (χ3v) is 4.59. The van der Waals surface area contributed by atoms with Crippen LogP contribution in [-0.4, -0.2) is 76.6 Å². The number of carboxylic acids is 1. The van der Waals surface area contributed by atoms with Gasteiger partial charge in [-0.2, -0.15) is 24.4 Å². The number of rotatable bonds is 13. The second-order valence-electron chi connectivity index (χ2n) is 5.93. The maximum atomic E-state index is 12.4. The minimum Gasteiger partial charge on any atom is -0.480 e. The van der Waals surface area contributed by atoms with Crippen LogP contribution in [0.15, 0.2) is 0 Å². The zero-order chi connectivity index (χ0) is 21.9. The Hall–Kier alpha value is -1.99. The Morgan fingerprint density at radius 2 is 1.61 bits per heavy atom. The number of aliphatic carboxylic acids is 1. The van der Waals surface area contributed by atoms with Crippen molar-refractivity contribution in [3.63, 3.8) is 0 Å². The van der Waals surface area contributed by atoms with Gasteiger partial charge in [-0.3, -0.25) is 19.2 Å². The monoisotopic (exact) mass is 437 g/mol. The summed E-state index contributed by atoms with van der Waals surface area (Å²) in [6.45, 7) is 1.41. The highest BCUT2D eigenvalue weighted by Gasteiger charge is 2.29. The van der Waals surface area contributed by atoms with Gasteiger partial charge in [0.25, 0.3) is 0 Å². The fourth-order valence-corrected chi connectivity index (χ4v) is 2.58. The molecule has 0 aromatic carbocycles. The average Bonchev–Trinajstić information content (AvgIpc) is 2.62. The molecule has 0 aliphatic rings. The standard InChI is InChI=1S/C15H27N5O6S2/c1-7(18-13(23)8(16)6-27)12(22)19-9(3-4-28-2)14(24)20-10(15(25)26)5-11(17)21/h7-10,27H,3-6,16H2,1-2H3,(H2,17,21)(H,18,23)(H,19,22)(H,20,24)(H,25,26). The van der Waals surface area contributed by atoms with Crippen LogP contribution in [-0.2, 0) is 24.0 Å². The van der Waals surface area contributed by atoms with E-state index in [1.807, 2.05) is 0 Å². The predicted octanol–water partition coefficient (Wildman–Crippen LogP) is -2.57. The Morgan fingerprint density at radius 1 is 1.04 bits per heavy atom. The topological polar surface area (TPSA) is 194 Å². The van der Waals surface area contributed by atoms with Crippen molar-refractivity contribution in [3.8, 4) is 0 Å². The molecule has 0 aromatic heterocycles. The Kier molecular flexibility index (Phi) is 12.3. The molecule has 0 rings (SSSR count). The molecule has 13 heteroatoms. The molecular weight excluding hydrogens is 410 g/mol. The van der Waals surface area contributed by atoms with E-state index in [0.29, 0.717) is 5.75 Å². The second-order valence-corrected chi connectivity index (χ2v) is 7.28. The van der Waals surface area contributed by atoms with E-state index in [-0.39, 0.29) is 12.2 Å². The van der Waals surface area contributed by atoms with Crippen LogP contribution in [0.25, 0.3) is 0 Å². The number of nitrogens with two attached hydrogens (primary N) is 2. The first kappa shape index (κ1) is 26.0. The van der Waals surface area contributed by atoms with Crippen LogP contribution in [0.4, 0.5) is 0 Å². The van der Waals surface area contributed by atoms with Crippen LogP contribution in [0.2, 0.25) is 0 Å². The molecule has 4 atom stereocenters. The van der Waals surface area contributed by atoms with Crippen molar-refractivity contribution in [1.82, 2.24) is 16.0 Å². The summed E-state index contributed by atoms with van der Waals surface area (Å²) in [4.78, 5) is 58.6. The van der Waals surface area contributed by atoms with E-state index in [9.17, 15) is 24.0 Å². The van der Waals surface area contributed by atoms with Crippen LogP contribution in [0, 0.1) is 0 Å². The highest BCUT2D eigenvalue weighted by molar-refractivity contribution is 7.98. The minimum atomic E-state index is -1.51. The van der Waals surface area contributed by atoms with Crippen LogP contribution < -0.4 is 27.4 Å². The van der Waals surface area contributed by atoms with Gasteiger partial charge in [-0.15, -0.1) is 0 Å². The van der Waals surface area contributed by atoms with Gasteiger partial charge in [0.05, 0.1) is 12.5 Å². The lowest BCUT2D eigenvalue weighted by Crippen LogP contribution is -2.56. The Morgan fingerprint density at radius 3 is 2.07 bits per heavy atom. The van der Waals surface area contributed by atoms with Gasteiger partial charge >= 0.3 is 5.97 Å². The van der Waals surface area contributed by atoms with Gasteiger partial charge in [0, 0.05) is 5.75 Å². The van der Waals surface area contributed by atoms with Crippen LogP contribution in [0.3, 0.4) is 0 Å². The number of carbonyl (C=O) groups is 5. The summed E-state index contributed by atoms with van der Waals surface area (Å²) >= 11 is 5.32. The maximum absolute atomic E-state index is 12.4. The van der Waals surface area contributed by atoms with Crippen molar-refractivity contribution in [2.24, 2.45) is 11.5 Å². The number of carboxylic acid groups (broad SMARTS) is 1. The number of nitrogens with one attached hydrogen (secondary N) is 3. The second kappa shape index (κ2) is 13.2. The van der Waals surface area contributed by atoms with E-state index in [1.54, 1.807) is 6.26 Å². The molecule has 160 valence electrons. The SMILES string of the molecule is CSCCC(NC(=O)C(C)NC(=O)C(N)CS)C(=O)NC(CC(N)=O)C(=O)O. The number of carbonyl (C=O) groups excluding carboxylic acids is 4. The molecule has 0 bridgehead atoms. The van der Waals surface area contributed by atoms with Gasteiger partial charge in [-0.05, 0) is 25.4 Å². The van der Waals surface area contributed by atoms with Crippen LogP contribution in [0.5, 0.6) is 0 Å². The summed E-state index contributed by atoms with van der Waals surface area (Å²) in [6.07, 6.45) is 1.42. The van der Waals surface area contributed by atoms with E-state index in [2.05, 4.69) is 28.6 Å². The quantitative estimate of drug-likeness (QED) is 0.153. The van der Waals surface area contributed by atoms with Crippen LogP contribution >= 0.6 is 24.4 Å². The largest absolute Gasteiger partial charge is 0.480 e. The molecule has 0 radical (unpaired) electrons. The van der Waals surface area contributed by atoms with Crippen LogP contribution in [0.1, 0.15) is 19.8 Å². The zero-order valence-electron chi connectivity index (χ0n) is 15.6. The molecule has 8 N–H and O–H groups in total. The lowest BCUT2D eigenvalue weighted by molar-refractivity contribution is -0.143. The summed E-state index contributed by atoms with van der Waals surface area (Å²) in [7, 11) is 0. The number of thioether (sulfide) groups is 1. The van der Waals surface area contributed by atoms with Gasteiger partial charge < -0.3 is 32.5 Å². The van der Waals surface area contributed by atoms with Crippen molar-refractivity contribution in [2.75, 3.05) is 17.8 Å². The Bertz CT molecular complexity index is 591. The molecule has 0 heterocycles. The minimum absolute atomic E-state index is 0.0926. The fourth-order valence-electron chi connectivity index (χ4n) is 1.94. The van der Waals surface area contributed by atoms with Crippen molar-refractivity contribution >= 4 is 54.0 Å². The molecule has 0 fully saturated rings. The molecule has 0 saturated heterocycles. The molecule has 0 aromatic rings. The Labute approximate surface area is 172 Å². The maximum Gasteiger partial charge on any atom is 0.326 e. The molecule has 4 unspecified atom stereocenters. The highest BCUT2D eigenvalue weighted by Crippen LogP contribution is 2.03. The van der Waals surface area contributed by atoms with E-state index in [0.717, 1.165) is 0 Å². The summed E-state index contributed by atoms with van der Waals surface area (Å²) < 4.78 is 0. The third kappa shape index (κ3) is 9.80. The lowest BCUT2D eigenvalue weighted by Gasteiger charge is -2.23. The molecule has 11 nitrogen and oxygen atoms in total. The number of hydrogen-bond donors (Lipinski definition) is 7. The first-order valence-corrected chi connectivity index (χ1v) is 10.3. The molecule has 0 saturated carbocycles. The normalized spacial score (nSPS) is 14.9. The van der Waals surface area contributed by atoms with Crippen molar-refractivity contribution < 1.29 is 29.1 Å². The molecule has 0 aliphatic heterocycles. The first-order valence-electron chi connectivity index (χ1n) is 8.31. The van der Waals surface area contributed by atoms with Gasteiger partial charge in [-0.25, -0.2) is 4.79 Å². The zero-order valence-corrected chi connectivity index (χ0v) is 17.3. The smallest absolute Gasteiger partial charge is 0.326 e. The van der Waals surface area contributed by atoms with E-state index < -0.39 is 60.2 Å². The van der Waals surface area contributed by atoms with Gasteiger partial charge in [0.1, 0.15) is 18.1 Å². The third-order valence-electron chi connectivity index (χ3n) is 3.55. The summed E-state index contributed by atoms with van der Waals surface area (Å²) in [5.74, 6) is -3.73. The van der Waals surface area contributed by atoms with Gasteiger partial charge in [0.15, 0.2) is 0 Å². The average molecular weight is 438 g/mol. The molecular formula is C15H27N5O6S2. The molecule has 0 aliphatic carbocycles. The van der Waals surface area contributed by atoms with Crippen molar-refractivity contribution in [2.45, 2.75) is 43.9 Å². The van der Waals surface area contributed by atoms with E-state index in [1.165, 1.54) is 18.7 Å². The Balaban J connectivity index is 5.06. The predicted molar refractivity (Wildman–Crippen MR) is 108 cm³/mol. The number of hydrogen-bond acceptors (Lipinski definition) is 8. The van der Waals surface area contributed by atoms with Gasteiger partial charge in [0.2, 0.25) is 23.6 Å². The molecule has 28 heavy (non-hydrogen) atoms. The summed E-state index contributed by atoms with van der Waals surface area (Å²) in [5, 5.41) is 16.1. The summed E-state index contributed by atoms with van der Waals surface area (Å²) in [6, 6.07) is -4.44. The lowest BCUT2D eigenvalue weighted by atomic mass is 10.1. The number of amides is 4. The number of thiol groups is 1. The molecule has 4 amide bonds. The summed E-state index contributed by atoms with van der Waals surface area (Å²) in [5.41, 5.74) is 10.5. The molecule has 0 spiro atoms. The number of primary amides is 1. The fraction of sp³-hybridized carbons (Fsp3) is 0.667. The van der Waals surface area contributed by atoms with Crippen molar-refractivity contribution in [1.29, 1.82) is 0 Å². The first-order chi connectivity index (χ1) is 13.0. The van der Waals surface area contributed by atoms with Gasteiger partial charge in [-0.1, -0.05) is 0 Å². The highest BCUT2D eigenvalue weighted by atomic mass is 32.2. The van der Waals surface area contributed by atoms with Crippen molar-refractivity contribution in [3.05, 3.63) is 0 Å². The van der Waals surface area contributed by atoms with E-state index >= 15 is 0 Å². The van der Waals surface area contributed by atoms with E-state index in [4.69, 9.17) is 16.6 Å².